The predicted molar refractivity (Wildman–Crippen MR) is 82.4 cm³/mol. The number of aliphatic hydroxyl groups excluding tert-OH is 1. The van der Waals surface area contributed by atoms with Crippen LogP contribution in [0.1, 0.15) is 47.7 Å². The topological polar surface area (TPSA) is 83.8 Å². The number of nitrogens with zero attached hydrogens (tertiary/aromatic N) is 1. The molecule has 5 heteroatoms. The number of hydrogen-bond acceptors (Lipinski definition) is 5. The summed E-state index contributed by atoms with van der Waals surface area (Å²) in [6, 6.07) is 5.70. The molecule has 1 N–H and O–H groups in total. The lowest BCUT2D eigenvalue weighted by molar-refractivity contribution is -0.120. The molecule has 23 heavy (non-hydrogen) atoms. The summed E-state index contributed by atoms with van der Waals surface area (Å²) in [5, 5.41) is 10.4. The predicted octanol–water partition coefficient (Wildman–Crippen LogP) is 1.68. The molecule has 4 atom stereocenters. The molecule has 0 aliphatic heterocycles. The molecule has 118 valence electrons. The van der Waals surface area contributed by atoms with Crippen LogP contribution in [-0.2, 0) is 9.59 Å². The number of aliphatic hydroxyl groups is 1. The van der Waals surface area contributed by atoms with E-state index in [1.165, 1.54) is 0 Å². The van der Waals surface area contributed by atoms with Gasteiger partial charge in [-0.1, -0.05) is 37.1 Å². The van der Waals surface area contributed by atoms with E-state index in [0.29, 0.717) is 11.1 Å². The van der Waals surface area contributed by atoms with Crippen LogP contribution in [0.25, 0.3) is 0 Å². The van der Waals surface area contributed by atoms with Crippen molar-refractivity contribution in [2.75, 3.05) is 0 Å². The smallest absolute Gasteiger partial charge is 0.190 e. The Morgan fingerprint density at radius 1 is 0.913 bits per heavy atom. The van der Waals surface area contributed by atoms with Gasteiger partial charge in [-0.3, -0.25) is 19.4 Å². The van der Waals surface area contributed by atoms with Crippen molar-refractivity contribution in [3.63, 3.8) is 0 Å². The highest BCUT2D eigenvalue weighted by molar-refractivity contribution is 6.70. The lowest BCUT2D eigenvalue weighted by atomic mass is 9.81. The van der Waals surface area contributed by atoms with Crippen LogP contribution in [0, 0.1) is 11.8 Å². The maximum absolute atomic E-state index is 12.5. The molecule has 0 amide bonds. The standard InChI is InChI=1S/C18H17NO4/c20-15-9-5-1-2-6-10(9)16(21)13(15)19-14-17(22)11-7-3-4-8-12(11)18(14)23/h1-2,5-6,11-13,15,20H,3-4,7-8H2. The second-order valence-electron chi connectivity index (χ2n) is 6.54. The molecule has 3 aliphatic rings. The van der Waals surface area contributed by atoms with Crippen LogP contribution in [0.3, 0.4) is 0 Å². The molecule has 0 saturated heterocycles. The van der Waals surface area contributed by atoms with Crippen molar-refractivity contribution in [2.45, 2.75) is 37.8 Å². The molecule has 0 spiro atoms. The number of benzene rings is 1. The third-order valence-corrected chi connectivity index (χ3v) is 5.29. The van der Waals surface area contributed by atoms with Gasteiger partial charge in [0.15, 0.2) is 17.3 Å². The summed E-state index contributed by atoms with van der Waals surface area (Å²) < 4.78 is 0. The first-order chi connectivity index (χ1) is 11.1. The van der Waals surface area contributed by atoms with Crippen molar-refractivity contribution in [1.82, 2.24) is 0 Å². The van der Waals surface area contributed by atoms with Crippen molar-refractivity contribution in [3.05, 3.63) is 35.4 Å². The number of carbonyl (C=O) groups is 3. The van der Waals surface area contributed by atoms with Crippen molar-refractivity contribution in [1.29, 1.82) is 0 Å². The fourth-order valence-corrected chi connectivity index (χ4v) is 4.08. The number of hydrogen-bond donors (Lipinski definition) is 1. The Labute approximate surface area is 133 Å². The van der Waals surface area contributed by atoms with Crippen molar-refractivity contribution >= 4 is 23.1 Å². The summed E-state index contributed by atoms with van der Waals surface area (Å²) in [6.45, 7) is 0. The molecular formula is C18H17NO4. The van der Waals surface area contributed by atoms with Gasteiger partial charge < -0.3 is 5.11 Å². The van der Waals surface area contributed by atoms with Crippen LogP contribution < -0.4 is 0 Å². The quantitative estimate of drug-likeness (QED) is 0.855. The minimum absolute atomic E-state index is 0.105. The fourth-order valence-electron chi connectivity index (χ4n) is 4.08. The Hall–Kier alpha value is -2.14. The second-order valence-corrected chi connectivity index (χ2v) is 6.54. The molecule has 2 saturated carbocycles. The van der Waals surface area contributed by atoms with Crippen LogP contribution in [0.4, 0.5) is 0 Å². The van der Waals surface area contributed by atoms with E-state index in [-0.39, 0.29) is 34.9 Å². The first-order valence-electron chi connectivity index (χ1n) is 8.07. The summed E-state index contributed by atoms with van der Waals surface area (Å²) in [7, 11) is 0. The molecule has 1 aromatic rings. The number of aliphatic imine (C=N–C) groups is 1. The van der Waals surface area contributed by atoms with E-state index in [2.05, 4.69) is 4.99 Å². The van der Waals surface area contributed by atoms with Gasteiger partial charge in [-0.2, -0.15) is 0 Å². The molecule has 4 unspecified atom stereocenters. The van der Waals surface area contributed by atoms with Crippen LogP contribution in [0.2, 0.25) is 0 Å². The molecule has 1 aromatic carbocycles. The van der Waals surface area contributed by atoms with Gasteiger partial charge in [0.05, 0.1) is 0 Å². The van der Waals surface area contributed by atoms with E-state index >= 15 is 0 Å². The van der Waals surface area contributed by atoms with E-state index in [0.717, 1.165) is 25.7 Å². The van der Waals surface area contributed by atoms with E-state index in [1.807, 2.05) is 0 Å². The summed E-state index contributed by atoms with van der Waals surface area (Å²) in [6.07, 6.45) is 2.24. The van der Waals surface area contributed by atoms with Crippen LogP contribution in [0.5, 0.6) is 0 Å². The second kappa shape index (κ2) is 5.20. The molecule has 0 radical (unpaired) electrons. The Morgan fingerprint density at radius 3 is 2.13 bits per heavy atom. The molecule has 0 bridgehead atoms. The molecule has 0 heterocycles. The maximum Gasteiger partial charge on any atom is 0.190 e. The maximum atomic E-state index is 12.5. The van der Waals surface area contributed by atoms with Gasteiger partial charge in [0.1, 0.15) is 17.9 Å². The molecule has 0 aromatic heterocycles. The van der Waals surface area contributed by atoms with E-state index in [4.69, 9.17) is 0 Å². The zero-order valence-corrected chi connectivity index (χ0v) is 12.6. The summed E-state index contributed by atoms with van der Waals surface area (Å²) in [5.41, 5.74) is 0.832. The highest BCUT2D eigenvalue weighted by Crippen LogP contribution is 2.38. The molecular weight excluding hydrogens is 294 g/mol. The lowest BCUT2D eigenvalue weighted by Crippen LogP contribution is -2.25. The average molecular weight is 311 g/mol. The zero-order chi connectivity index (χ0) is 16.1. The SMILES string of the molecule is O=C1C(=NC2C(=O)c3ccccc3C2O)C(=O)C2CCCCC12. The van der Waals surface area contributed by atoms with Gasteiger partial charge in [-0.15, -0.1) is 0 Å². The first-order valence-corrected chi connectivity index (χ1v) is 8.07. The van der Waals surface area contributed by atoms with Crippen LogP contribution >= 0.6 is 0 Å². The molecule has 5 nitrogen and oxygen atoms in total. The highest BCUT2D eigenvalue weighted by atomic mass is 16.3. The molecule has 2 fully saturated rings. The minimum Gasteiger partial charge on any atom is -0.386 e. The van der Waals surface area contributed by atoms with E-state index in [1.54, 1.807) is 24.3 Å². The monoisotopic (exact) mass is 311 g/mol. The lowest BCUT2D eigenvalue weighted by Gasteiger charge is -2.20. The Kier molecular flexibility index (Phi) is 3.27. The largest absolute Gasteiger partial charge is 0.386 e. The van der Waals surface area contributed by atoms with Gasteiger partial charge in [0, 0.05) is 17.4 Å². The zero-order valence-electron chi connectivity index (χ0n) is 12.6. The normalized spacial score (nSPS) is 32.9. The summed E-state index contributed by atoms with van der Waals surface area (Å²) in [4.78, 5) is 41.5. The van der Waals surface area contributed by atoms with Gasteiger partial charge in [-0.05, 0) is 18.4 Å². The number of ketones is 3. The highest BCUT2D eigenvalue weighted by Gasteiger charge is 2.49. The Bertz CT molecular complexity index is 725. The number of fused-ring (bicyclic) bond motifs is 2. The molecule has 4 rings (SSSR count). The van der Waals surface area contributed by atoms with E-state index < -0.39 is 12.1 Å². The number of Topliss-reactive ketones (excluding diaryl/α,β-unsaturated/α-hetero) is 3. The van der Waals surface area contributed by atoms with Gasteiger partial charge in [0.2, 0.25) is 0 Å². The molecule has 3 aliphatic carbocycles. The Morgan fingerprint density at radius 2 is 1.52 bits per heavy atom. The summed E-state index contributed by atoms with van der Waals surface area (Å²) >= 11 is 0. The van der Waals surface area contributed by atoms with Gasteiger partial charge in [-0.25, -0.2) is 0 Å². The minimum atomic E-state index is -1.09. The Balaban J connectivity index is 1.70. The van der Waals surface area contributed by atoms with Gasteiger partial charge >= 0.3 is 0 Å². The first kappa shape index (κ1) is 14.5. The number of rotatable bonds is 1. The van der Waals surface area contributed by atoms with Gasteiger partial charge in [0.25, 0.3) is 0 Å². The summed E-state index contributed by atoms with van der Waals surface area (Å²) in [5.74, 6) is -1.35. The van der Waals surface area contributed by atoms with Crippen LogP contribution in [-0.4, -0.2) is 34.2 Å². The van der Waals surface area contributed by atoms with Crippen molar-refractivity contribution < 1.29 is 19.5 Å². The third-order valence-electron chi connectivity index (χ3n) is 5.29. The third kappa shape index (κ3) is 2.03. The number of carbonyl (C=O) groups excluding carboxylic acids is 3. The van der Waals surface area contributed by atoms with Crippen molar-refractivity contribution in [3.8, 4) is 0 Å². The fraction of sp³-hybridized carbons (Fsp3) is 0.444. The van der Waals surface area contributed by atoms with Crippen LogP contribution in [0.15, 0.2) is 29.3 Å². The van der Waals surface area contributed by atoms with E-state index in [9.17, 15) is 19.5 Å². The average Bonchev–Trinajstić information content (AvgIpc) is 2.97. The van der Waals surface area contributed by atoms with Crippen molar-refractivity contribution in [2.24, 2.45) is 16.8 Å².